The van der Waals surface area contributed by atoms with E-state index < -0.39 is 64.6 Å². The summed E-state index contributed by atoms with van der Waals surface area (Å²) in [6.45, 7) is 10.6. The van der Waals surface area contributed by atoms with Crippen LogP contribution in [0.5, 0.6) is 11.8 Å². The summed E-state index contributed by atoms with van der Waals surface area (Å²) in [7, 11) is -11.2. The van der Waals surface area contributed by atoms with Crippen molar-refractivity contribution in [2.75, 3.05) is 37.3 Å². The summed E-state index contributed by atoms with van der Waals surface area (Å²) in [5, 5.41) is 19.4. The van der Waals surface area contributed by atoms with E-state index in [-0.39, 0.29) is 42.1 Å². The molecule has 19 heteroatoms. The van der Waals surface area contributed by atoms with Crippen LogP contribution in [0.1, 0.15) is 65.0 Å². The van der Waals surface area contributed by atoms with Gasteiger partial charge in [-0.2, -0.15) is 21.4 Å². The molecule has 2 aromatic carbocycles. The van der Waals surface area contributed by atoms with Gasteiger partial charge in [-0.25, -0.2) is 17.5 Å². The van der Waals surface area contributed by atoms with Crippen molar-refractivity contribution < 1.29 is 58.8 Å². The lowest BCUT2D eigenvalue weighted by molar-refractivity contribution is -0.437. The van der Waals surface area contributed by atoms with Crippen molar-refractivity contribution in [3.63, 3.8) is 0 Å². The Kier molecular flexibility index (Phi) is 13.4. The minimum absolute atomic E-state index is 0.0119. The van der Waals surface area contributed by atoms with E-state index in [1.54, 1.807) is 18.2 Å². The van der Waals surface area contributed by atoms with Crippen LogP contribution in [-0.4, -0.2) is 102 Å². The number of nitrogens with zero attached hydrogens (tertiary/aromatic N) is 4. The van der Waals surface area contributed by atoms with Crippen molar-refractivity contribution in [3.05, 3.63) is 108 Å². The molecule has 5 rings (SSSR count). The van der Waals surface area contributed by atoms with Crippen molar-refractivity contribution in [1.29, 1.82) is 0 Å². The molecule has 324 valence electrons. The number of aromatic nitrogens is 1. The first-order valence-electron chi connectivity index (χ1n) is 19.0. The monoisotopic (exact) mass is 887 g/mol. The number of anilines is 1. The van der Waals surface area contributed by atoms with Crippen molar-refractivity contribution in [3.8, 4) is 11.8 Å². The standard InChI is InChI=1S/C41H50N4O12S3/c1-7-43-33-21-19-30(60(54,55)56)28-32(33)40(2,3)35(43)15-11-9-8-10-12-16-36-41(4,5)31-27-29(18-20-34(31)44(36)25-14-26-58(49,50)51)59(52,53)42(6)24-13-17-39(48)57-45-37(46)22-23-38(45)47/h8-12,15-16,18-23,27-28H,7,13-14,17,24-26H2,1-6H3,(H3-,46,47,49,50,51,54,55,56)/p+1. The summed E-state index contributed by atoms with van der Waals surface area (Å²) in [4.78, 5) is 19.2. The molecule has 0 fully saturated rings. The molecule has 60 heavy (non-hydrogen) atoms. The molecule has 0 atom stereocenters. The van der Waals surface area contributed by atoms with Gasteiger partial charge in [0.2, 0.25) is 27.5 Å². The van der Waals surface area contributed by atoms with Crippen LogP contribution in [0.4, 0.5) is 11.4 Å². The average Bonchev–Trinajstić information content (AvgIpc) is 3.67. The highest BCUT2D eigenvalue weighted by molar-refractivity contribution is 7.89. The van der Waals surface area contributed by atoms with Crippen molar-refractivity contribution in [1.82, 2.24) is 9.04 Å². The molecule has 2 aliphatic rings. The highest BCUT2D eigenvalue weighted by atomic mass is 32.2. The average molecular weight is 888 g/mol. The van der Waals surface area contributed by atoms with Crippen molar-refractivity contribution >= 4 is 53.3 Å². The smallest absolute Gasteiger partial charge is 0.333 e. The first-order valence-corrected chi connectivity index (χ1v) is 23.5. The number of carbonyl (C=O) groups is 1. The lowest BCUT2D eigenvalue weighted by Crippen LogP contribution is -2.30. The summed E-state index contributed by atoms with van der Waals surface area (Å²) in [6, 6.07) is 11.6. The van der Waals surface area contributed by atoms with E-state index in [9.17, 15) is 49.4 Å². The molecular formula is C41H51N4O12S3+. The third-order valence-electron chi connectivity index (χ3n) is 10.6. The van der Waals surface area contributed by atoms with Gasteiger partial charge >= 0.3 is 5.97 Å². The Hall–Kier alpha value is -5.05. The van der Waals surface area contributed by atoms with E-state index in [2.05, 4.69) is 4.90 Å². The Morgan fingerprint density at radius 1 is 0.817 bits per heavy atom. The van der Waals surface area contributed by atoms with E-state index in [4.69, 9.17) is 4.84 Å². The zero-order chi connectivity index (χ0) is 44.4. The molecule has 0 saturated heterocycles. The summed E-state index contributed by atoms with van der Waals surface area (Å²) >= 11 is 0. The molecule has 0 amide bonds. The summed E-state index contributed by atoms with van der Waals surface area (Å²) in [5.41, 5.74) is 3.40. The molecule has 4 N–H and O–H groups in total. The minimum atomic E-state index is -4.37. The number of rotatable bonds is 17. The summed E-state index contributed by atoms with van der Waals surface area (Å²) < 4.78 is 96.9. The maximum Gasteiger partial charge on any atom is 0.333 e. The van der Waals surface area contributed by atoms with E-state index in [0.29, 0.717) is 22.5 Å². The van der Waals surface area contributed by atoms with Gasteiger partial charge in [0.25, 0.3) is 20.2 Å². The number of allylic oxidation sites excluding steroid dienone is 8. The van der Waals surface area contributed by atoms with Gasteiger partial charge in [0.15, 0.2) is 5.71 Å². The summed E-state index contributed by atoms with van der Waals surface area (Å²) in [5.74, 6) is -2.21. The van der Waals surface area contributed by atoms with Gasteiger partial charge < -0.3 is 20.0 Å². The number of hydrogen-bond donors (Lipinski definition) is 4. The summed E-state index contributed by atoms with van der Waals surface area (Å²) in [6.07, 6.45) is 13.0. The predicted molar refractivity (Wildman–Crippen MR) is 226 cm³/mol. The second-order valence-electron chi connectivity index (χ2n) is 15.4. The number of fused-ring (bicyclic) bond motifs is 2. The molecule has 0 unspecified atom stereocenters. The molecule has 3 aromatic rings. The normalized spacial score (nSPS) is 17.2. The molecule has 0 spiro atoms. The fourth-order valence-corrected chi connectivity index (χ4v) is 9.73. The van der Waals surface area contributed by atoms with Crippen LogP contribution in [0.25, 0.3) is 0 Å². The van der Waals surface area contributed by atoms with Gasteiger partial charge in [-0.05, 0) is 69.2 Å². The molecule has 0 radical (unpaired) electrons. The number of hydrogen-bond acceptors (Lipinski definition) is 11. The lowest BCUT2D eigenvalue weighted by atomic mass is 9.81. The molecular weight excluding hydrogens is 837 g/mol. The van der Waals surface area contributed by atoms with Crippen molar-refractivity contribution in [2.24, 2.45) is 0 Å². The fourth-order valence-electron chi connectivity index (χ4n) is 7.49. The van der Waals surface area contributed by atoms with Crippen LogP contribution in [0.15, 0.2) is 107 Å². The van der Waals surface area contributed by atoms with Gasteiger partial charge in [-0.1, -0.05) is 44.2 Å². The molecule has 0 saturated carbocycles. The van der Waals surface area contributed by atoms with E-state index in [0.717, 1.165) is 39.1 Å². The van der Waals surface area contributed by atoms with Crippen molar-refractivity contribution in [2.45, 2.75) is 74.5 Å². The molecule has 2 aliphatic heterocycles. The van der Waals surface area contributed by atoms with E-state index in [1.165, 1.54) is 25.2 Å². The topological polar surface area (TPSA) is 224 Å². The van der Waals surface area contributed by atoms with Crippen LogP contribution in [0, 0.1) is 0 Å². The molecule has 3 heterocycles. The molecule has 1 aromatic heterocycles. The van der Waals surface area contributed by atoms with Crippen LogP contribution in [0.3, 0.4) is 0 Å². The number of benzene rings is 2. The highest BCUT2D eigenvalue weighted by Gasteiger charge is 2.45. The second kappa shape index (κ2) is 17.5. The molecule has 16 nitrogen and oxygen atoms in total. The van der Waals surface area contributed by atoms with Gasteiger partial charge in [0.05, 0.1) is 21.0 Å². The SMILES string of the molecule is CCN1C(=CC=CC=CC=CC2=[N+](CCCS(=O)(=O)O)c3ccc(S(=O)(=O)N(C)CCCC(=O)On4c(O)ccc4O)cc3C2(C)C)C(C)(C)c2cc(S(=O)(=O)O)ccc21. The van der Waals surface area contributed by atoms with Crippen LogP contribution in [-0.2, 0) is 45.9 Å². The lowest BCUT2D eigenvalue weighted by Gasteiger charge is -2.25. The van der Waals surface area contributed by atoms with Crippen LogP contribution < -0.4 is 9.74 Å². The number of aromatic hydroxyl groups is 2. The maximum atomic E-state index is 13.7. The highest BCUT2D eigenvalue weighted by Crippen LogP contribution is 2.48. The van der Waals surface area contributed by atoms with Gasteiger partial charge in [0.1, 0.15) is 6.54 Å². The maximum absolute atomic E-state index is 13.7. The fraction of sp³-hybridized carbons (Fsp3) is 0.366. The largest absolute Gasteiger partial charge is 0.492 e. The number of likely N-dealkylation sites (N-methyl/N-ethyl adjacent to an activating group) is 1. The molecule has 0 aliphatic carbocycles. The number of sulfonamides is 1. The molecule has 0 bridgehead atoms. The quantitative estimate of drug-likeness (QED) is 0.0776. The Morgan fingerprint density at radius 2 is 1.43 bits per heavy atom. The van der Waals surface area contributed by atoms with E-state index in [1.807, 2.05) is 81.7 Å². The van der Waals surface area contributed by atoms with Crippen LogP contribution in [0.2, 0.25) is 0 Å². The third-order valence-corrected chi connectivity index (χ3v) is 14.1. The second-order valence-corrected chi connectivity index (χ2v) is 20.5. The first kappa shape index (κ1) is 46.0. The predicted octanol–water partition coefficient (Wildman–Crippen LogP) is 5.23. The van der Waals surface area contributed by atoms with Gasteiger partial charge in [-0.15, -0.1) is 4.73 Å². The Labute approximate surface area is 351 Å². The Bertz CT molecular complexity index is 2640. The zero-order valence-corrected chi connectivity index (χ0v) is 36.6. The van der Waals surface area contributed by atoms with E-state index >= 15 is 0 Å². The zero-order valence-electron chi connectivity index (χ0n) is 34.2. The third kappa shape index (κ3) is 9.77. The Balaban J connectivity index is 1.33. The first-order chi connectivity index (χ1) is 27.9. The minimum Gasteiger partial charge on any atom is -0.492 e. The van der Waals surface area contributed by atoms with Crippen LogP contribution >= 0.6 is 0 Å². The van der Waals surface area contributed by atoms with Gasteiger partial charge in [-0.3, -0.25) is 9.11 Å². The van der Waals surface area contributed by atoms with Gasteiger partial charge in [0, 0.05) is 79.6 Å². The Morgan fingerprint density at radius 3 is 2.07 bits per heavy atom. The number of carbonyl (C=O) groups excluding carboxylic acids is 1.